The number of ether oxygens (including phenoxy) is 1. The molecule has 1 amide bonds. The summed E-state index contributed by atoms with van der Waals surface area (Å²) >= 11 is 0. The second kappa shape index (κ2) is 12.1. The minimum atomic E-state index is -0.211. The van der Waals surface area contributed by atoms with Crippen LogP contribution in [0.15, 0.2) is 30.9 Å². The second-order valence-electron chi connectivity index (χ2n) is 11.8. The average Bonchev–Trinajstić information content (AvgIpc) is 3.43. The first kappa shape index (κ1) is 27.5. The Balaban J connectivity index is 1.31. The summed E-state index contributed by atoms with van der Waals surface area (Å²) in [4.78, 5) is 31.4. The van der Waals surface area contributed by atoms with E-state index in [2.05, 4.69) is 52.6 Å². The van der Waals surface area contributed by atoms with E-state index in [-0.39, 0.29) is 18.4 Å². The summed E-state index contributed by atoms with van der Waals surface area (Å²) in [6.07, 6.45) is 9.59. The molecule has 6 rings (SSSR count). The molecule has 1 aliphatic carbocycles. The molecule has 0 spiro atoms. The van der Waals surface area contributed by atoms with Crippen molar-refractivity contribution in [3.05, 3.63) is 53.2 Å². The van der Waals surface area contributed by atoms with E-state index < -0.39 is 0 Å². The van der Waals surface area contributed by atoms with Crippen molar-refractivity contribution in [2.75, 3.05) is 56.2 Å². The third-order valence-electron chi connectivity index (χ3n) is 9.38. The number of anilines is 2. The number of benzene rings is 1. The first-order chi connectivity index (χ1) is 20.1. The number of hydrogen-bond donors (Lipinski definition) is 0. The highest BCUT2D eigenvalue weighted by Gasteiger charge is 2.34. The molecule has 0 N–H and O–H groups in total. The third-order valence-corrected chi connectivity index (χ3v) is 9.38. The zero-order valence-corrected chi connectivity index (χ0v) is 24.2. The summed E-state index contributed by atoms with van der Waals surface area (Å²) in [5.41, 5.74) is 6.51. The van der Waals surface area contributed by atoms with Crippen molar-refractivity contribution in [1.82, 2.24) is 19.8 Å². The Morgan fingerprint density at radius 1 is 1.07 bits per heavy atom. The molecule has 41 heavy (non-hydrogen) atoms. The van der Waals surface area contributed by atoms with Crippen LogP contribution in [0.4, 0.5) is 11.5 Å². The van der Waals surface area contributed by atoms with E-state index in [0.29, 0.717) is 38.3 Å². The minimum Gasteiger partial charge on any atom is -0.462 e. The molecule has 3 aliphatic heterocycles. The number of carbonyl (C=O) groups excluding carboxylic acids is 1. The van der Waals surface area contributed by atoms with Crippen molar-refractivity contribution >= 4 is 17.4 Å². The predicted octanol–water partition coefficient (Wildman–Crippen LogP) is 3.51. The van der Waals surface area contributed by atoms with Crippen LogP contribution in [0.25, 0.3) is 0 Å². The molecule has 9 heteroatoms. The lowest BCUT2D eigenvalue weighted by Gasteiger charge is -2.42. The Kier molecular flexibility index (Phi) is 8.11. The summed E-state index contributed by atoms with van der Waals surface area (Å²) in [7, 11) is 2.15. The fourth-order valence-corrected chi connectivity index (χ4v) is 7.07. The standard InChI is InChI=1S/C32H41N7O2/c1-3-30(40)39-19-18-38(20-24(39)13-15-33)31-27-14-17-37(29-12-6-9-23-8-4-5-11-26(23)29)21-28(27)34-32(35-31)41-22-25-10-7-16-36(25)2/h3,6,9,12,24-25H,1,4-5,7-8,10-11,13-14,16-22H2,2H3/t24-,25-/m0/s1. The highest BCUT2D eigenvalue weighted by molar-refractivity contribution is 5.87. The molecular weight excluding hydrogens is 514 g/mol. The fraction of sp³-hybridized carbons (Fsp3) is 0.562. The third kappa shape index (κ3) is 5.62. The van der Waals surface area contributed by atoms with Crippen molar-refractivity contribution in [3.63, 3.8) is 0 Å². The number of carbonyl (C=O) groups is 1. The van der Waals surface area contributed by atoms with Crippen molar-refractivity contribution < 1.29 is 9.53 Å². The molecule has 0 saturated carbocycles. The number of aryl methyl sites for hydroxylation is 1. The van der Waals surface area contributed by atoms with Crippen LogP contribution in [-0.2, 0) is 30.6 Å². The van der Waals surface area contributed by atoms with Gasteiger partial charge < -0.3 is 24.3 Å². The first-order valence-electron chi connectivity index (χ1n) is 15.2. The summed E-state index contributed by atoms with van der Waals surface area (Å²) in [6, 6.07) is 9.62. The number of hydrogen-bond acceptors (Lipinski definition) is 8. The van der Waals surface area contributed by atoms with Gasteiger partial charge in [-0.15, -0.1) is 0 Å². The fourth-order valence-electron chi connectivity index (χ4n) is 7.07. The molecule has 1 aromatic carbocycles. The first-order valence-corrected chi connectivity index (χ1v) is 15.2. The number of likely N-dealkylation sites (tertiary alicyclic amines) is 1. The van der Waals surface area contributed by atoms with Gasteiger partial charge in [0.1, 0.15) is 12.4 Å². The molecule has 0 radical (unpaired) electrons. The van der Waals surface area contributed by atoms with Gasteiger partial charge in [-0.25, -0.2) is 0 Å². The van der Waals surface area contributed by atoms with Crippen LogP contribution in [0.1, 0.15) is 54.5 Å². The zero-order valence-electron chi connectivity index (χ0n) is 24.2. The Hall–Kier alpha value is -3.64. The van der Waals surface area contributed by atoms with Gasteiger partial charge in [-0.1, -0.05) is 18.7 Å². The van der Waals surface area contributed by atoms with E-state index in [9.17, 15) is 10.1 Å². The highest BCUT2D eigenvalue weighted by Crippen LogP contribution is 2.36. The summed E-state index contributed by atoms with van der Waals surface area (Å²) < 4.78 is 6.30. The van der Waals surface area contributed by atoms with Crippen molar-refractivity contribution in [3.8, 4) is 12.1 Å². The molecule has 2 fully saturated rings. The van der Waals surface area contributed by atoms with Crippen LogP contribution in [0.5, 0.6) is 6.01 Å². The lowest BCUT2D eigenvalue weighted by atomic mass is 9.89. The summed E-state index contributed by atoms with van der Waals surface area (Å²) in [5, 5.41) is 9.51. The summed E-state index contributed by atoms with van der Waals surface area (Å²) in [5.74, 6) is 0.773. The Morgan fingerprint density at radius 3 is 2.76 bits per heavy atom. The van der Waals surface area contributed by atoms with Gasteiger partial charge in [-0.05, 0) is 81.8 Å². The Morgan fingerprint density at radius 2 is 1.95 bits per heavy atom. The molecule has 2 atom stereocenters. The number of nitrogens with zero attached hydrogens (tertiary/aromatic N) is 7. The molecule has 0 bridgehead atoms. The highest BCUT2D eigenvalue weighted by atomic mass is 16.5. The molecule has 2 aromatic rings. The zero-order chi connectivity index (χ0) is 28.3. The van der Waals surface area contributed by atoms with E-state index in [1.165, 1.54) is 42.2 Å². The van der Waals surface area contributed by atoms with Crippen molar-refractivity contribution in [2.24, 2.45) is 0 Å². The van der Waals surface area contributed by atoms with Crippen molar-refractivity contribution in [1.29, 1.82) is 5.26 Å². The van der Waals surface area contributed by atoms with Gasteiger partial charge in [-0.3, -0.25) is 4.79 Å². The van der Waals surface area contributed by atoms with E-state index in [4.69, 9.17) is 14.7 Å². The van der Waals surface area contributed by atoms with Crippen molar-refractivity contribution in [2.45, 2.75) is 70.0 Å². The lowest BCUT2D eigenvalue weighted by molar-refractivity contribution is -0.128. The molecular formula is C32H41N7O2. The monoisotopic (exact) mass is 555 g/mol. The largest absolute Gasteiger partial charge is 0.462 e. The van der Waals surface area contributed by atoms with Crippen LogP contribution in [0.3, 0.4) is 0 Å². The number of rotatable bonds is 7. The van der Waals surface area contributed by atoms with Gasteiger partial charge in [0, 0.05) is 43.5 Å². The van der Waals surface area contributed by atoms with E-state index in [1.807, 2.05) is 0 Å². The normalized spacial score (nSPS) is 22.6. The maximum absolute atomic E-state index is 12.5. The van der Waals surface area contributed by atoms with Crippen LogP contribution >= 0.6 is 0 Å². The SMILES string of the molecule is C=CC(=O)N1CCN(c2nc(OC[C@@H]3CCCN3C)nc3c2CCN(c2cccc4c2CCCC4)C3)C[C@@H]1CC#N. The minimum absolute atomic E-state index is 0.124. The molecule has 9 nitrogen and oxygen atoms in total. The number of nitriles is 1. The van der Waals surface area contributed by atoms with Gasteiger partial charge in [0.05, 0.1) is 30.8 Å². The second-order valence-corrected chi connectivity index (χ2v) is 11.8. The van der Waals surface area contributed by atoms with Crippen LogP contribution in [-0.4, -0.2) is 84.1 Å². The molecule has 4 heterocycles. The van der Waals surface area contributed by atoms with E-state index >= 15 is 0 Å². The van der Waals surface area contributed by atoms with Crippen LogP contribution in [0.2, 0.25) is 0 Å². The quantitative estimate of drug-likeness (QED) is 0.480. The predicted molar refractivity (Wildman–Crippen MR) is 159 cm³/mol. The van der Waals surface area contributed by atoms with Gasteiger partial charge in [0.2, 0.25) is 5.91 Å². The van der Waals surface area contributed by atoms with Gasteiger partial charge >= 0.3 is 6.01 Å². The maximum atomic E-state index is 12.5. The van der Waals surface area contributed by atoms with Crippen LogP contribution < -0.4 is 14.5 Å². The molecule has 2 saturated heterocycles. The van der Waals surface area contributed by atoms with Gasteiger partial charge in [-0.2, -0.15) is 15.2 Å². The topological polar surface area (TPSA) is 88.8 Å². The van der Waals surface area contributed by atoms with Crippen LogP contribution in [0, 0.1) is 11.3 Å². The number of aromatic nitrogens is 2. The van der Waals surface area contributed by atoms with Gasteiger partial charge in [0.15, 0.2) is 0 Å². The lowest BCUT2D eigenvalue weighted by Crippen LogP contribution is -2.55. The average molecular weight is 556 g/mol. The van der Waals surface area contributed by atoms with E-state index in [1.54, 1.807) is 4.90 Å². The Labute approximate surface area is 243 Å². The molecule has 216 valence electrons. The van der Waals surface area contributed by atoms with Gasteiger partial charge in [0.25, 0.3) is 0 Å². The van der Waals surface area contributed by atoms with E-state index in [0.717, 1.165) is 62.4 Å². The number of amides is 1. The molecule has 1 aromatic heterocycles. The maximum Gasteiger partial charge on any atom is 0.318 e. The Bertz CT molecular complexity index is 1340. The number of fused-ring (bicyclic) bond motifs is 2. The number of piperazine rings is 1. The smallest absolute Gasteiger partial charge is 0.318 e. The number of likely N-dealkylation sites (N-methyl/N-ethyl adjacent to an activating group) is 1. The summed E-state index contributed by atoms with van der Waals surface area (Å²) in [6.45, 7) is 8.68. The molecule has 0 unspecified atom stereocenters. The molecule has 4 aliphatic rings.